The third kappa shape index (κ3) is 4.12. The number of aromatic nitrogens is 4. The van der Waals surface area contributed by atoms with Gasteiger partial charge >= 0.3 is 6.18 Å². The number of amides is 1. The summed E-state index contributed by atoms with van der Waals surface area (Å²) >= 11 is 0. The molecule has 3 aromatic rings. The number of piperidine rings is 1. The summed E-state index contributed by atoms with van der Waals surface area (Å²) in [6, 6.07) is 8.86. The molecule has 3 aromatic heterocycles. The number of carbonyl (C=O) groups excluding carboxylic acids is 1. The normalized spacial score (nSPS) is 21.9. The van der Waals surface area contributed by atoms with Crippen molar-refractivity contribution in [3.8, 4) is 11.4 Å². The lowest BCUT2D eigenvalue weighted by molar-refractivity contribution is -0.141. The summed E-state index contributed by atoms with van der Waals surface area (Å²) in [7, 11) is 0. The van der Waals surface area contributed by atoms with Crippen molar-refractivity contribution < 1.29 is 18.0 Å². The van der Waals surface area contributed by atoms with E-state index in [0.717, 1.165) is 30.9 Å². The second-order valence-corrected chi connectivity index (χ2v) is 8.46. The van der Waals surface area contributed by atoms with Crippen molar-refractivity contribution in [2.75, 3.05) is 11.9 Å². The van der Waals surface area contributed by atoms with Crippen LogP contribution in [0, 0.1) is 12.8 Å². The van der Waals surface area contributed by atoms with E-state index in [9.17, 15) is 18.0 Å². The molecule has 0 aromatic carbocycles. The molecule has 170 valence electrons. The van der Waals surface area contributed by atoms with Gasteiger partial charge in [0.15, 0.2) is 5.69 Å². The van der Waals surface area contributed by atoms with Crippen molar-refractivity contribution in [2.24, 2.45) is 5.92 Å². The zero-order valence-electron chi connectivity index (χ0n) is 17.8. The quantitative estimate of drug-likeness (QED) is 0.642. The summed E-state index contributed by atoms with van der Waals surface area (Å²) < 4.78 is 38.3. The van der Waals surface area contributed by atoms with Crippen LogP contribution in [0.2, 0.25) is 0 Å². The third-order valence-corrected chi connectivity index (χ3v) is 6.19. The minimum Gasteiger partial charge on any atom is -0.364 e. The maximum atomic E-state index is 13.6. The molecule has 1 aliphatic carbocycles. The fourth-order valence-electron chi connectivity index (χ4n) is 4.73. The van der Waals surface area contributed by atoms with Crippen molar-refractivity contribution in [3.05, 3.63) is 65.9 Å². The zero-order chi connectivity index (χ0) is 23.2. The molecular weight excluding hydrogens is 433 g/mol. The molecule has 2 aliphatic rings. The predicted molar refractivity (Wildman–Crippen MR) is 114 cm³/mol. The van der Waals surface area contributed by atoms with E-state index in [1.807, 2.05) is 30.0 Å². The van der Waals surface area contributed by atoms with Gasteiger partial charge < -0.3 is 10.2 Å². The van der Waals surface area contributed by atoms with Gasteiger partial charge in [-0.25, -0.2) is 9.97 Å². The first-order valence-electron chi connectivity index (χ1n) is 10.7. The van der Waals surface area contributed by atoms with E-state index in [2.05, 4.69) is 25.3 Å². The summed E-state index contributed by atoms with van der Waals surface area (Å²) in [6.45, 7) is 2.50. The van der Waals surface area contributed by atoms with Crippen molar-refractivity contribution in [2.45, 2.75) is 38.0 Å². The molecule has 1 aliphatic heterocycles. The lowest BCUT2D eigenvalue weighted by Gasteiger charge is -2.34. The van der Waals surface area contributed by atoms with E-state index in [0.29, 0.717) is 29.4 Å². The molecule has 4 heterocycles. The largest absolute Gasteiger partial charge is 0.434 e. The number of carbonyl (C=O) groups is 1. The molecule has 33 heavy (non-hydrogen) atoms. The summed E-state index contributed by atoms with van der Waals surface area (Å²) in [5, 5.41) is 3.18. The van der Waals surface area contributed by atoms with Gasteiger partial charge in [-0.05, 0) is 49.9 Å². The van der Waals surface area contributed by atoms with Gasteiger partial charge in [0, 0.05) is 24.5 Å². The number of likely N-dealkylation sites (tertiary alicyclic amines) is 1. The number of fused-ring (bicyclic) bond motifs is 2. The van der Waals surface area contributed by atoms with Crippen LogP contribution in [-0.2, 0) is 6.18 Å². The first-order chi connectivity index (χ1) is 15.8. The number of halogens is 3. The van der Waals surface area contributed by atoms with Crippen LogP contribution in [0.4, 0.5) is 19.0 Å². The Morgan fingerprint density at radius 1 is 1.09 bits per heavy atom. The SMILES string of the molecule is Cc1ccc(C(=O)N2C[C@@H]3C[C@@H](Nc4cnc(C(F)(F)F)cn4)[C@@H]2C3)c(-c2ccccn2)n1. The maximum Gasteiger partial charge on any atom is 0.434 e. The van der Waals surface area contributed by atoms with Crippen LogP contribution in [-0.4, -0.2) is 49.4 Å². The number of hydrogen-bond donors (Lipinski definition) is 1. The van der Waals surface area contributed by atoms with Gasteiger partial charge in [0.25, 0.3) is 5.91 Å². The van der Waals surface area contributed by atoms with Crippen LogP contribution in [0.3, 0.4) is 0 Å². The molecule has 3 atom stereocenters. The fraction of sp³-hybridized carbons (Fsp3) is 0.348. The maximum absolute atomic E-state index is 13.6. The molecule has 0 spiro atoms. The highest BCUT2D eigenvalue weighted by atomic mass is 19.4. The Kier molecular flexibility index (Phi) is 5.22. The van der Waals surface area contributed by atoms with Gasteiger partial charge in [0.2, 0.25) is 0 Å². The second kappa shape index (κ2) is 8.09. The van der Waals surface area contributed by atoms with Crippen LogP contribution in [0.1, 0.15) is 34.6 Å². The number of nitrogens with one attached hydrogen (secondary N) is 1. The summed E-state index contributed by atoms with van der Waals surface area (Å²) in [5.41, 5.74) is 1.41. The summed E-state index contributed by atoms with van der Waals surface area (Å²) in [4.78, 5) is 31.7. The molecule has 1 saturated heterocycles. The Labute approximate surface area is 188 Å². The molecule has 10 heteroatoms. The highest BCUT2D eigenvalue weighted by molar-refractivity contribution is 6.00. The predicted octanol–water partition coefficient (Wildman–Crippen LogP) is 3.98. The molecule has 1 amide bonds. The number of alkyl halides is 3. The molecule has 2 fully saturated rings. The topological polar surface area (TPSA) is 83.9 Å². The average molecular weight is 454 g/mol. The van der Waals surface area contributed by atoms with Crippen molar-refractivity contribution >= 4 is 11.7 Å². The second-order valence-electron chi connectivity index (χ2n) is 8.46. The monoisotopic (exact) mass is 454 g/mol. The van der Waals surface area contributed by atoms with Crippen LogP contribution in [0.5, 0.6) is 0 Å². The minimum absolute atomic E-state index is 0.0931. The number of rotatable bonds is 4. The molecule has 5 rings (SSSR count). The lowest BCUT2D eigenvalue weighted by atomic mass is 10.0. The standard InChI is InChI=1S/C23H21F3N6O/c1-13-5-6-15(21(30-13)16-4-2-3-7-27-16)22(33)32-12-14-8-17(18(32)9-14)31-20-11-28-19(10-29-20)23(24,25)26/h2-7,10-11,14,17-18H,8-9,12H2,1H3,(H,29,31)/t14-,17-,18+/m1/s1. The third-order valence-electron chi connectivity index (χ3n) is 6.19. The Morgan fingerprint density at radius 3 is 2.61 bits per heavy atom. The molecule has 1 N–H and O–H groups in total. The van der Waals surface area contributed by atoms with Gasteiger partial charge in [-0.3, -0.25) is 14.8 Å². The average Bonchev–Trinajstić information content (AvgIpc) is 3.40. The van der Waals surface area contributed by atoms with E-state index < -0.39 is 11.9 Å². The van der Waals surface area contributed by atoms with Gasteiger partial charge in [-0.15, -0.1) is 0 Å². The number of pyridine rings is 2. The van der Waals surface area contributed by atoms with E-state index in [1.54, 1.807) is 18.3 Å². The molecule has 7 nitrogen and oxygen atoms in total. The van der Waals surface area contributed by atoms with E-state index in [-0.39, 0.29) is 23.8 Å². The fourth-order valence-corrected chi connectivity index (χ4v) is 4.73. The molecule has 0 unspecified atom stereocenters. The first-order valence-corrected chi connectivity index (χ1v) is 10.7. The van der Waals surface area contributed by atoms with Crippen molar-refractivity contribution in [1.82, 2.24) is 24.8 Å². The van der Waals surface area contributed by atoms with E-state index in [1.165, 1.54) is 0 Å². The summed E-state index contributed by atoms with van der Waals surface area (Å²) in [5.74, 6) is 0.454. The number of aryl methyl sites for hydroxylation is 1. The Morgan fingerprint density at radius 2 is 1.94 bits per heavy atom. The molecule has 2 bridgehead atoms. The van der Waals surface area contributed by atoms with Crippen molar-refractivity contribution in [1.29, 1.82) is 0 Å². The Bertz CT molecular complexity index is 1170. The highest BCUT2D eigenvalue weighted by Crippen LogP contribution is 2.40. The first kappa shape index (κ1) is 21.3. The van der Waals surface area contributed by atoms with Gasteiger partial charge in [0.05, 0.1) is 29.7 Å². The van der Waals surface area contributed by atoms with E-state index >= 15 is 0 Å². The zero-order valence-corrected chi connectivity index (χ0v) is 17.8. The van der Waals surface area contributed by atoms with Gasteiger partial charge in [0.1, 0.15) is 11.5 Å². The highest BCUT2D eigenvalue weighted by Gasteiger charge is 2.47. The molecular formula is C23H21F3N6O. The van der Waals surface area contributed by atoms with E-state index in [4.69, 9.17) is 0 Å². The Hall–Kier alpha value is -3.56. The van der Waals surface area contributed by atoms with Gasteiger partial charge in [-0.1, -0.05) is 6.07 Å². The smallest absolute Gasteiger partial charge is 0.364 e. The molecule has 1 saturated carbocycles. The number of hydrogen-bond acceptors (Lipinski definition) is 6. The van der Waals surface area contributed by atoms with Crippen LogP contribution in [0.25, 0.3) is 11.4 Å². The van der Waals surface area contributed by atoms with Crippen molar-refractivity contribution in [3.63, 3.8) is 0 Å². The van der Waals surface area contributed by atoms with Gasteiger partial charge in [-0.2, -0.15) is 13.2 Å². The minimum atomic E-state index is -4.53. The summed E-state index contributed by atoms with van der Waals surface area (Å²) in [6.07, 6.45) is 0.580. The van der Waals surface area contributed by atoms with Crippen LogP contribution in [0.15, 0.2) is 48.9 Å². The molecule has 0 radical (unpaired) electrons. The number of nitrogens with zero attached hydrogens (tertiary/aromatic N) is 5. The van der Waals surface area contributed by atoms with Crippen LogP contribution < -0.4 is 5.32 Å². The van der Waals surface area contributed by atoms with Crippen LogP contribution >= 0.6 is 0 Å². The number of anilines is 1. The Balaban J connectivity index is 1.37. The lowest BCUT2D eigenvalue weighted by Crippen LogP contribution is -2.48.